The molecule has 1 aromatic carbocycles. The number of nitrogens with zero attached hydrogens (tertiary/aromatic N) is 1. The fraction of sp³-hybridized carbons (Fsp3) is 0.500. The van der Waals surface area contributed by atoms with E-state index in [0.717, 1.165) is 32.2 Å². The number of hydrogen-bond donors (Lipinski definition) is 1. The zero-order valence-electron chi connectivity index (χ0n) is 15.2. The van der Waals surface area contributed by atoms with Gasteiger partial charge in [-0.2, -0.15) is 0 Å². The van der Waals surface area contributed by atoms with Crippen LogP contribution in [0.3, 0.4) is 0 Å². The Morgan fingerprint density at radius 3 is 2.52 bits per heavy atom. The highest BCUT2D eigenvalue weighted by molar-refractivity contribution is 5.92. The minimum absolute atomic E-state index is 0.0942. The van der Waals surface area contributed by atoms with Crippen molar-refractivity contribution in [2.75, 3.05) is 26.7 Å². The van der Waals surface area contributed by atoms with Gasteiger partial charge in [-0.3, -0.25) is 4.79 Å². The van der Waals surface area contributed by atoms with Crippen molar-refractivity contribution < 1.29 is 14.3 Å². The highest BCUT2D eigenvalue weighted by Crippen LogP contribution is 2.09. The Bertz CT molecular complexity index is 617. The summed E-state index contributed by atoms with van der Waals surface area (Å²) in [6.45, 7) is 3.77. The summed E-state index contributed by atoms with van der Waals surface area (Å²) in [6, 6.07) is 7.13. The molecule has 0 atom stereocenters. The SMILES string of the molecule is COC(=O)c1ccccc1C#CCCCN(CCCCCN)C(C)=O. The van der Waals surface area contributed by atoms with Crippen LogP contribution < -0.4 is 5.73 Å². The van der Waals surface area contributed by atoms with E-state index >= 15 is 0 Å². The number of methoxy groups -OCH3 is 1. The molecule has 5 heteroatoms. The van der Waals surface area contributed by atoms with E-state index in [2.05, 4.69) is 11.8 Å². The van der Waals surface area contributed by atoms with Crippen molar-refractivity contribution in [3.8, 4) is 11.8 Å². The summed E-state index contributed by atoms with van der Waals surface area (Å²) in [4.78, 5) is 25.2. The normalized spacial score (nSPS) is 9.88. The van der Waals surface area contributed by atoms with Gasteiger partial charge in [-0.25, -0.2) is 4.79 Å². The second-order valence-electron chi connectivity index (χ2n) is 5.80. The van der Waals surface area contributed by atoms with E-state index in [1.807, 2.05) is 11.0 Å². The van der Waals surface area contributed by atoms with E-state index in [0.29, 0.717) is 30.6 Å². The molecule has 0 radical (unpaired) electrons. The van der Waals surface area contributed by atoms with Gasteiger partial charge in [-0.1, -0.05) is 30.4 Å². The molecule has 0 fully saturated rings. The first-order valence-electron chi connectivity index (χ1n) is 8.72. The van der Waals surface area contributed by atoms with Crippen molar-refractivity contribution in [2.24, 2.45) is 5.73 Å². The van der Waals surface area contributed by atoms with Gasteiger partial charge in [0, 0.05) is 32.0 Å². The average Bonchev–Trinajstić information content (AvgIpc) is 2.62. The van der Waals surface area contributed by atoms with E-state index in [1.165, 1.54) is 7.11 Å². The third kappa shape index (κ3) is 7.86. The van der Waals surface area contributed by atoms with Gasteiger partial charge < -0.3 is 15.4 Å². The van der Waals surface area contributed by atoms with Crippen LogP contribution in [0.1, 0.15) is 54.9 Å². The van der Waals surface area contributed by atoms with Crippen molar-refractivity contribution in [3.05, 3.63) is 35.4 Å². The van der Waals surface area contributed by atoms with Crippen LogP contribution in [0.15, 0.2) is 24.3 Å². The average molecular weight is 344 g/mol. The molecule has 25 heavy (non-hydrogen) atoms. The lowest BCUT2D eigenvalue weighted by Crippen LogP contribution is -2.30. The molecular formula is C20H28N2O3. The second-order valence-corrected chi connectivity index (χ2v) is 5.80. The molecule has 0 saturated heterocycles. The summed E-state index contributed by atoms with van der Waals surface area (Å²) in [7, 11) is 1.36. The summed E-state index contributed by atoms with van der Waals surface area (Å²) in [5.41, 5.74) is 6.62. The van der Waals surface area contributed by atoms with Crippen LogP contribution in [0.25, 0.3) is 0 Å². The number of ether oxygens (including phenoxy) is 1. The van der Waals surface area contributed by atoms with Crippen LogP contribution in [0.5, 0.6) is 0 Å². The molecule has 136 valence electrons. The molecule has 0 heterocycles. The van der Waals surface area contributed by atoms with Crippen LogP contribution in [-0.4, -0.2) is 43.5 Å². The molecule has 0 aliphatic carbocycles. The Morgan fingerprint density at radius 1 is 1.12 bits per heavy atom. The number of amides is 1. The van der Waals surface area contributed by atoms with Gasteiger partial charge in [0.15, 0.2) is 0 Å². The maximum atomic E-state index is 11.7. The van der Waals surface area contributed by atoms with Gasteiger partial charge in [0.1, 0.15) is 0 Å². The molecule has 5 nitrogen and oxygen atoms in total. The molecule has 0 unspecified atom stereocenters. The number of rotatable bonds is 9. The summed E-state index contributed by atoms with van der Waals surface area (Å²) in [5.74, 6) is 5.81. The summed E-state index contributed by atoms with van der Waals surface area (Å²) in [5, 5.41) is 0. The van der Waals surface area contributed by atoms with E-state index in [-0.39, 0.29) is 11.9 Å². The first-order valence-corrected chi connectivity index (χ1v) is 8.72. The van der Waals surface area contributed by atoms with Crippen LogP contribution in [0, 0.1) is 11.8 Å². The molecule has 1 aromatic rings. The number of esters is 1. The molecule has 0 aliphatic rings. The third-order valence-corrected chi connectivity index (χ3v) is 3.86. The summed E-state index contributed by atoms with van der Waals surface area (Å²) in [6.07, 6.45) is 4.50. The fourth-order valence-corrected chi connectivity index (χ4v) is 2.45. The fourth-order valence-electron chi connectivity index (χ4n) is 2.45. The topological polar surface area (TPSA) is 72.6 Å². The maximum absolute atomic E-state index is 11.7. The Kier molecular flexibility index (Phi) is 10.0. The Morgan fingerprint density at radius 2 is 1.84 bits per heavy atom. The van der Waals surface area contributed by atoms with Gasteiger partial charge in [-0.15, -0.1) is 0 Å². The lowest BCUT2D eigenvalue weighted by atomic mass is 10.1. The molecule has 1 amide bonds. The first-order chi connectivity index (χ1) is 12.1. The third-order valence-electron chi connectivity index (χ3n) is 3.86. The maximum Gasteiger partial charge on any atom is 0.339 e. The molecule has 1 rings (SSSR count). The molecule has 0 spiro atoms. The van der Waals surface area contributed by atoms with Crippen LogP contribution in [0.4, 0.5) is 0 Å². The van der Waals surface area contributed by atoms with E-state index < -0.39 is 0 Å². The van der Waals surface area contributed by atoms with Gasteiger partial charge in [0.05, 0.1) is 12.7 Å². The second kappa shape index (κ2) is 12.1. The monoisotopic (exact) mass is 344 g/mol. The van der Waals surface area contributed by atoms with Crippen LogP contribution >= 0.6 is 0 Å². The highest BCUT2D eigenvalue weighted by Gasteiger charge is 2.09. The number of hydrogen-bond acceptors (Lipinski definition) is 4. The summed E-state index contributed by atoms with van der Waals surface area (Å²) >= 11 is 0. The zero-order valence-corrected chi connectivity index (χ0v) is 15.2. The smallest absolute Gasteiger partial charge is 0.339 e. The van der Waals surface area contributed by atoms with Gasteiger partial charge >= 0.3 is 5.97 Å². The molecule has 0 bridgehead atoms. The zero-order chi connectivity index (χ0) is 18.5. The minimum atomic E-state index is -0.384. The van der Waals surface area contributed by atoms with E-state index in [4.69, 9.17) is 10.5 Å². The lowest BCUT2D eigenvalue weighted by Gasteiger charge is -2.20. The number of carbonyl (C=O) groups excluding carboxylic acids is 2. The Balaban J connectivity index is 2.48. The minimum Gasteiger partial charge on any atom is -0.465 e. The van der Waals surface area contributed by atoms with Gasteiger partial charge in [0.2, 0.25) is 5.91 Å². The number of unbranched alkanes of at least 4 members (excludes halogenated alkanes) is 3. The standard InChI is InChI=1S/C20H28N2O3/c1-17(23)22(16-10-4-8-14-21)15-9-3-5-11-18-12-6-7-13-19(18)20(24)25-2/h6-7,12-13H,3-4,8-10,14-16,21H2,1-2H3. The molecule has 0 saturated carbocycles. The lowest BCUT2D eigenvalue weighted by molar-refractivity contribution is -0.129. The Labute approximate surface area is 150 Å². The number of benzene rings is 1. The number of nitrogens with two attached hydrogens (primary N) is 1. The van der Waals surface area contributed by atoms with E-state index in [1.54, 1.807) is 25.1 Å². The molecule has 0 aliphatic heterocycles. The van der Waals surface area contributed by atoms with Crippen LogP contribution in [0.2, 0.25) is 0 Å². The van der Waals surface area contributed by atoms with E-state index in [9.17, 15) is 9.59 Å². The number of carbonyl (C=O) groups is 2. The predicted octanol–water partition coefficient (Wildman–Crippen LogP) is 2.58. The van der Waals surface area contributed by atoms with Crippen molar-refractivity contribution in [3.63, 3.8) is 0 Å². The van der Waals surface area contributed by atoms with Crippen molar-refractivity contribution >= 4 is 11.9 Å². The first kappa shape index (κ1) is 20.7. The van der Waals surface area contributed by atoms with Crippen LogP contribution in [-0.2, 0) is 9.53 Å². The molecular weight excluding hydrogens is 316 g/mol. The van der Waals surface area contributed by atoms with Crippen molar-refractivity contribution in [2.45, 2.75) is 39.0 Å². The predicted molar refractivity (Wildman–Crippen MR) is 99.1 cm³/mol. The Hall–Kier alpha value is -2.32. The largest absolute Gasteiger partial charge is 0.465 e. The summed E-state index contributed by atoms with van der Waals surface area (Å²) < 4.78 is 4.76. The molecule has 2 N–H and O–H groups in total. The quantitative estimate of drug-likeness (QED) is 0.424. The van der Waals surface area contributed by atoms with Crippen molar-refractivity contribution in [1.29, 1.82) is 0 Å². The molecule has 0 aromatic heterocycles. The van der Waals surface area contributed by atoms with Crippen molar-refractivity contribution in [1.82, 2.24) is 4.90 Å². The van der Waals surface area contributed by atoms with Gasteiger partial charge in [0.25, 0.3) is 0 Å². The highest BCUT2D eigenvalue weighted by atomic mass is 16.5. The van der Waals surface area contributed by atoms with Gasteiger partial charge in [-0.05, 0) is 37.9 Å².